The molecule has 12 heavy (non-hydrogen) atoms. The Labute approximate surface area is 78.6 Å². The molecule has 1 unspecified atom stereocenters. The fraction of sp³-hybridized carbons (Fsp3) is 0.600. The lowest BCUT2D eigenvalue weighted by atomic mass is 9.80. The lowest BCUT2D eigenvalue weighted by molar-refractivity contribution is 0.279. The highest BCUT2D eigenvalue weighted by atomic mass is 32.1. The van der Waals surface area contributed by atoms with E-state index in [4.69, 9.17) is 5.73 Å². The van der Waals surface area contributed by atoms with Crippen LogP contribution in [0.5, 0.6) is 0 Å². The topological polar surface area (TPSA) is 26.0 Å². The van der Waals surface area contributed by atoms with Crippen LogP contribution in [-0.4, -0.2) is 0 Å². The third-order valence-corrected chi connectivity index (χ3v) is 3.36. The molecule has 0 amide bonds. The minimum absolute atomic E-state index is 0.175. The van der Waals surface area contributed by atoms with Crippen LogP contribution in [0.15, 0.2) is 16.8 Å². The molecule has 1 heterocycles. The van der Waals surface area contributed by atoms with Gasteiger partial charge in [0.15, 0.2) is 0 Å². The maximum Gasteiger partial charge on any atom is 0.0354 e. The normalized spacial score (nSPS) is 14.7. The van der Waals surface area contributed by atoms with Gasteiger partial charge in [-0.1, -0.05) is 20.8 Å². The number of hydrogen-bond donors (Lipinski definition) is 1. The summed E-state index contributed by atoms with van der Waals surface area (Å²) in [7, 11) is 0. The van der Waals surface area contributed by atoms with Crippen LogP contribution in [0.2, 0.25) is 0 Å². The molecule has 0 bridgehead atoms. The van der Waals surface area contributed by atoms with Crippen LogP contribution in [0.1, 0.15) is 38.8 Å². The molecule has 2 N–H and O–H groups in total. The second-order valence-corrected chi connectivity index (χ2v) is 4.66. The van der Waals surface area contributed by atoms with Crippen LogP contribution in [0, 0.1) is 5.41 Å². The minimum atomic E-state index is 0.175. The van der Waals surface area contributed by atoms with E-state index < -0.39 is 0 Å². The van der Waals surface area contributed by atoms with Crippen LogP contribution < -0.4 is 5.73 Å². The van der Waals surface area contributed by atoms with Crippen molar-refractivity contribution < 1.29 is 0 Å². The number of rotatable bonds is 3. The number of nitrogens with two attached hydrogens (primary N) is 1. The van der Waals surface area contributed by atoms with Gasteiger partial charge in [0.2, 0.25) is 0 Å². The van der Waals surface area contributed by atoms with Gasteiger partial charge in [-0.3, -0.25) is 0 Å². The predicted octanol–water partition coefficient (Wildman–Crippen LogP) is 3.18. The van der Waals surface area contributed by atoms with E-state index in [2.05, 4.69) is 37.6 Å². The molecule has 68 valence electrons. The van der Waals surface area contributed by atoms with Crippen molar-refractivity contribution >= 4 is 11.3 Å². The second-order valence-electron chi connectivity index (χ2n) is 3.88. The SMILES string of the molecule is CCC(C)(C)C(N)c1ccsc1. The van der Waals surface area contributed by atoms with E-state index >= 15 is 0 Å². The third-order valence-electron chi connectivity index (χ3n) is 2.66. The van der Waals surface area contributed by atoms with Gasteiger partial charge in [-0.15, -0.1) is 0 Å². The molecule has 1 atom stereocenters. The molecule has 0 radical (unpaired) electrons. The van der Waals surface area contributed by atoms with Crippen LogP contribution >= 0.6 is 11.3 Å². The molecule has 0 saturated carbocycles. The summed E-state index contributed by atoms with van der Waals surface area (Å²) in [5, 5.41) is 4.23. The Bertz CT molecular complexity index is 226. The first kappa shape index (κ1) is 9.75. The van der Waals surface area contributed by atoms with E-state index in [0.29, 0.717) is 0 Å². The molecule has 0 spiro atoms. The summed E-state index contributed by atoms with van der Waals surface area (Å²) in [6.45, 7) is 6.62. The zero-order chi connectivity index (χ0) is 9.19. The molecule has 1 aromatic rings. The van der Waals surface area contributed by atoms with E-state index in [0.717, 1.165) is 6.42 Å². The van der Waals surface area contributed by atoms with Crippen LogP contribution in [0.4, 0.5) is 0 Å². The summed E-state index contributed by atoms with van der Waals surface area (Å²) >= 11 is 1.71. The Balaban J connectivity index is 2.78. The Morgan fingerprint density at radius 2 is 2.25 bits per heavy atom. The molecule has 0 aliphatic carbocycles. The molecule has 0 aromatic carbocycles. The van der Waals surface area contributed by atoms with E-state index in [-0.39, 0.29) is 11.5 Å². The van der Waals surface area contributed by atoms with E-state index in [1.807, 2.05) is 0 Å². The summed E-state index contributed by atoms with van der Waals surface area (Å²) in [6.07, 6.45) is 1.12. The van der Waals surface area contributed by atoms with Crippen molar-refractivity contribution in [1.82, 2.24) is 0 Å². The Hall–Kier alpha value is -0.340. The minimum Gasteiger partial charge on any atom is -0.323 e. The summed E-state index contributed by atoms with van der Waals surface area (Å²) in [6, 6.07) is 2.29. The zero-order valence-electron chi connectivity index (χ0n) is 8.00. The van der Waals surface area contributed by atoms with Crippen molar-refractivity contribution in [2.75, 3.05) is 0 Å². The van der Waals surface area contributed by atoms with Gasteiger partial charge in [-0.05, 0) is 34.2 Å². The first-order valence-electron chi connectivity index (χ1n) is 4.35. The summed E-state index contributed by atoms with van der Waals surface area (Å²) in [5.74, 6) is 0. The highest BCUT2D eigenvalue weighted by molar-refractivity contribution is 7.07. The molecular formula is C10H17NS. The quantitative estimate of drug-likeness (QED) is 0.765. The summed E-state index contributed by atoms with van der Waals surface area (Å²) in [4.78, 5) is 0. The number of hydrogen-bond acceptors (Lipinski definition) is 2. The molecule has 1 aromatic heterocycles. The average Bonchev–Trinajstić information content (AvgIpc) is 2.55. The summed E-state index contributed by atoms with van der Waals surface area (Å²) in [5.41, 5.74) is 7.61. The van der Waals surface area contributed by atoms with Gasteiger partial charge in [0.05, 0.1) is 0 Å². The standard InChI is InChI=1S/C10H17NS/c1-4-10(2,3)9(11)8-5-6-12-7-8/h5-7,9H,4,11H2,1-3H3. The maximum atomic E-state index is 6.13. The predicted molar refractivity (Wildman–Crippen MR) is 55.3 cm³/mol. The highest BCUT2D eigenvalue weighted by Crippen LogP contribution is 2.34. The molecule has 1 nitrogen and oxygen atoms in total. The van der Waals surface area contributed by atoms with Crippen molar-refractivity contribution in [3.05, 3.63) is 22.4 Å². The van der Waals surface area contributed by atoms with Crippen molar-refractivity contribution in [3.8, 4) is 0 Å². The zero-order valence-corrected chi connectivity index (χ0v) is 8.82. The summed E-state index contributed by atoms with van der Waals surface area (Å²) < 4.78 is 0. The largest absolute Gasteiger partial charge is 0.323 e. The number of thiophene rings is 1. The van der Waals surface area contributed by atoms with Crippen LogP contribution in [0.25, 0.3) is 0 Å². The molecule has 0 aliphatic heterocycles. The molecular weight excluding hydrogens is 166 g/mol. The van der Waals surface area contributed by atoms with Crippen LogP contribution in [-0.2, 0) is 0 Å². The Kier molecular flexibility index (Phi) is 2.91. The lowest BCUT2D eigenvalue weighted by Crippen LogP contribution is -2.28. The van der Waals surface area contributed by atoms with Crippen LogP contribution in [0.3, 0.4) is 0 Å². The van der Waals surface area contributed by atoms with E-state index in [1.54, 1.807) is 11.3 Å². The van der Waals surface area contributed by atoms with Crippen molar-refractivity contribution in [2.45, 2.75) is 33.2 Å². The Morgan fingerprint density at radius 1 is 1.58 bits per heavy atom. The molecule has 0 saturated heterocycles. The first-order chi connectivity index (χ1) is 5.58. The van der Waals surface area contributed by atoms with Crippen molar-refractivity contribution in [2.24, 2.45) is 11.1 Å². The van der Waals surface area contributed by atoms with E-state index in [9.17, 15) is 0 Å². The molecule has 1 rings (SSSR count). The van der Waals surface area contributed by atoms with Gasteiger partial charge >= 0.3 is 0 Å². The smallest absolute Gasteiger partial charge is 0.0354 e. The van der Waals surface area contributed by atoms with Gasteiger partial charge in [0.25, 0.3) is 0 Å². The first-order valence-corrected chi connectivity index (χ1v) is 5.30. The fourth-order valence-electron chi connectivity index (χ4n) is 1.12. The third kappa shape index (κ3) is 1.87. The second kappa shape index (κ2) is 3.58. The molecule has 0 aliphatic rings. The fourth-order valence-corrected chi connectivity index (χ4v) is 1.82. The average molecular weight is 183 g/mol. The molecule has 0 fully saturated rings. The van der Waals surface area contributed by atoms with Gasteiger partial charge in [0.1, 0.15) is 0 Å². The van der Waals surface area contributed by atoms with Crippen molar-refractivity contribution in [3.63, 3.8) is 0 Å². The van der Waals surface area contributed by atoms with Gasteiger partial charge in [-0.2, -0.15) is 11.3 Å². The monoisotopic (exact) mass is 183 g/mol. The van der Waals surface area contributed by atoms with E-state index in [1.165, 1.54) is 5.56 Å². The van der Waals surface area contributed by atoms with Crippen molar-refractivity contribution in [1.29, 1.82) is 0 Å². The Morgan fingerprint density at radius 3 is 2.67 bits per heavy atom. The van der Waals surface area contributed by atoms with Gasteiger partial charge < -0.3 is 5.73 Å². The highest BCUT2D eigenvalue weighted by Gasteiger charge is 2.25. The molecule has 2 heteroatoms. The lowest BCUT2D eigenvalue weighted by Gasteiger charge is -2.29. The van der Waals surface area contributed by atoms with Gasteiger partial charge in [-0.25, -0.2) is 0 Å². The maximum absolute atomic E-state index is 6.13. The van der Waals surface area contributed by atoms with Gasteiger partial charge in [0, 0.05) is 6.04 Å².